The van der Waals surface area contributed by atoms with Crippen LogP contribution in [0.25, 0.3) is 0 Å². The van der Waals surface area contributed by atoms with Crippen LogP contribution in [0.2, 0.25) is 0 Å². The zero-order valence-corrected chi connectivity index (χ0v) is 9.51. The molecule has 2 nitrogen and oxygen atoms in total. The second-order valence-electron chi connectivity index (χ2n) is 3.52. The van der Waals surface area contributed by atoms with Crippen LogP contribution in [-0.2, 0) is 9.53 Å². The van der Waals surface area contributed by atoms with Crippen LogP contribution in [0.3, 0.4) is 0 Å². The molecule has 0 bridgehead atoms. The predicted molar refractivity (Wildman–Crippen MR) is 58.0 cm³/mol. The maximum Gasteiger partial charge on any atom is 0.320 e. The third kappa shape index (κ3) is 5.29. The molecule has 0 aromatic heterocycles. The van der Waals surface area contributed by atoms with Crippen LogP contribution in [-0.4, -0.2) is 16.4 Å². The molecule has 13 heavy (non-hydrogen) atoms. The van der Waals surface area contributed by atoms with E-state index in [1.807, 2.05) is 0 Å². The predicted octanol–water partition coefficient (Wildman–Crippen LogP) is 3.14. The van der Waals surface area contributed by atoms with Gasteiger partial charge in [-0.3, -0.25) is 4.79 Å². The molecule has 0 N–H and O–H groups in total. The third-order valence-corrected chi connectivity index (χ3v) is 1.93. The third-order valence-electron chi connectivity index (χ3n) is 1.07. The van der Waals surface area contributed by atoms with Crippen molar-refractivity contribution in [3.63, 3.8) is 0 Å². The van der Waals surface area contributed by atoms with Crippen molar-refractivity contribution in [1.29, 1.82) is 0 Å². The van der Waals surface area contributed by atoms with E-state index in [1.54, 1.807) is 20.8 Å². The quantitative estimate of drug-likeness (QED) is 0.444. The van der Waals surface area contributed by atoms with Crippen LogP contribution in [0.4, 0.5) is 0 Å². The molecular weight excluding hydrogens is 237 g/mol. The van der Waals surface area contributed by atoms with Crippen LogP contribution < -0.4 is 0 Å². The van der Waals surface area contributed by atoms with Gasteiger partial charge in [-0.05, 0) is 26.7 Å². The lowest BCUT2D eigenvalue weighted by atomic mass is 10.2. The Labute approximate surface area is 99.0 Å². The second-order valence-corrected chi connectivity index (χ2v) is 4.43. The number of carbonyl (C=O) groups is 1. The van der Waals surface area contributed by atoms with Crippen molar-refractivity contribution >= 4 is 21.9 Å². The first kappa shape index (κ1) is 5.15. The lowest BCUT2D eigenvalue weighted by molar-refractivity contribution is -0.154. The van der Waals surface area contributed by atoms with Gasteiger partial charge in [-0.15, -0.1) is 0 Å². The van der Waals surface area contributed by atoms with Gasteiger partial charge in [0.25, 0.3) is 0 Å². The van der Waals surface area contributed by atoms with Crippen molar-refractivity contribution in [2.75, 3.05) is 0 Å². The van der Waals surface area contributed by atoms with E-state index in [0.717, 1.165) is 0 Å². The van der Waals surface area contributed by atoms with Crippen LogP contribution in [0.1, 0.15) is 50.5 Å². The molecule has 3 atom stereocenters. The standard InChI is InChI=1S/C10H19BrO2/c1-6-7(2)8(11)9(12)13-10(3,4)5/h7-8H,6H2,1-5H3/t7-,8?/m0/s1/i1+1D2,2D3,6+1D,7+1D,8+1,9+1/t6-,7-,8?. The highest BCUT2D eigenvalue weighted by atomic mass is 79.9. The molecule has 0 radical (unpaired) electrons. The molecule has 0 aromatic carbocycles. The van der Waals surface area contributed by atoms with Crippen LogP contribution >= 0.6 is 15.9 Å². The summed E-state index contributed by atoms with van der Waals surface area (Å²) < 4.78 is 57.2. The summed E-state index contributed by atoms with van der Waals surface area (Å²) in [6.45, 7) is -0.148. The molecule has 0 aliphatic rings. The summed E-state index contributed by atoms with van der Waals surface area (Å²) in [6, 6.07) is 0. The number of carbonyl (C=O) groups excluding carboxylic acids is 1. The molecule has 0 saturated carbocycles. The smallest absolute Gasteiger partial charge is 0.320 e. The summed E-state index contributed by atoms with van der Waals surface area (Å²) in [5.74, 6) is -3.65. The fourth-order valence-corrected chi connectivity index (χ4v) is 0.811. The van der Waals surface area contributed by atoms with Gasteiger partial charge >= 0.3 is 5.97 Å². The maximum absolute atomic E-state index is 11.9. The van der Waals surface area contributed by atoms with E-state index in [9.17, 15) is 4.79 Å². The van der Waals surface area contributed by atoms with Gasteiger partial charge < -0.3 is 4.74 Å². The van der Waals surface area contributed by atoms with Gasteiger partial charge in [-0.2, -0.15) is 0 Å². The molecule has 0 spiro atoms. The summed E-state index contributed by atoms with van der Waals surface area (Å²) in [5.41, 5.74) is -0.877. The number of rotatable bonds is 3. The minimum absolute atomic E-state index is 0.877. The molecule has 0 heterocycles. The SMILES string of the molecule is [2H][13CH]([2H])[13C@H]([2H])[13C@@]([2H])([13CH](Br)[13C](=O)OC(C)(C)C)C([2H])([2H])[2H]. The first-order valence-corrected chi connectivity index (χ1v) is 4.70. The van der Waals surface area contributed by atoms with Gasteiger partial charge in [0.05, 0.1) is 0 Å². The Morgan fingerprint density at radius 2 is 2.38 bits per heavy atom. The second kappa shape index (κ2) is 4.99. The first-order valence-electron chi connectivity index (χ1n) is 7.51. The monoisotopic (exact) mass is 262 g/mol. The van der Waals surface area contributed by atoms with E-state index >= 15 is 0 Å². The normalized spacial score (nSPS) is 30.4. The van der Waals surface area contributed by atoms with Gasteiger partial charge in [0.15, 0.2) is 0 Å². The molecule has 1 unspecified atom stereocenters. The molecule has 0 aliphatic carbocycles. The van der Waals surface area contributed by atoms with E-state index < -0.39 is 42.4 Å². The lowest BCUT2D eigenvalue weighted by Crippen LogP contribution is -2.31. The molecule has 0 aliphatic heterocycles. The van der Waals surface area contributed by atoms with Crippen LogP contribution in [0.5, 0.6) is 0 Å². The van der Waals surface area contributed by atoms with E-state index in [2.05, 4.69) is 15.9 Å². The highest BCUT2D eigenvalue weighted by Gasteiger charge is 2.26. The number of halogens is 1. The highest BCUT2D eigenvalue weighted by molar-refractivity contribution is 9.10. The summed E-state index contributed by atoms with van der Waals surface area (Å²) in [5, 5.41) is 0. The molecule has 3 heteroatoms. The van der Waals surface area contributed by atoms with Crippen LogP contribution in [0.15, 0.2) is 0 Å². The van der Waals surface area contributed by atoms with Crippen LogP contribution in [0, 0.1) is 5.89 Å². The molecule has 0 aromatic rings. The van der Waals surface area contributed by atoms with Gasteiger partial charge in [-0.25, -0.2) is 0 Å². The van der Waals surface area contributed by atoms with E-state index in [0.29, 0.717) is 0 Å². The maximum atomic E-state index is 11.9. The van der Waals surface area contributed by atoms with Crippen molar-refractivity contribution in [2.45, 2.75) is 51.3 Å². The topological polar surface area (TPSA) is 26.3 Å². The Hall–Kier alpha value is -0.0500. The zero-order chi connectivity index (χ0) is 16.5. The van der Waals surface area contributed by atoms with Gasteiger partial charge in [-0.1, -0.05) is 36.1 Å². The fourth-order valence-electron chi connectivity index (χ4n) is 0.565. The minimum Gasteiger partial charge on any atom is -0.459 e. The molecule has 0 saturated heterocycles. The van der Waals surface area contributed by atoms with Gasteiger partial charge in [0, 0.05) is 9.60 Å². The zero-order valence-electron chi connectivity index (χ0n) is 14.9. The Bertz CT molecular complexity index is 352. The van der Waals surface area contributed by atoms with E-state index in [1.165, 1.54) is 0 Å². The Morgan fingerprint density at radius 1 is 1.77 bits per heavy atom. The summed E-state index contributed by atoms with van der Waals surface area (Å²) >= 11 is 2.81. The summed E-state index contributed by atoms with van der Waals surface area (Å²) in [7, 11) is 0. The molecule has 0 rings (SSSR count). The van der Waals surface area contributed by atoms with Crippen molar-refractivity contribution in [1.82, 2.24) is 0 Å². The molecule has 0 fully saturated rings. The van der Waals surface area contributed by atoms with Crippen molar-refractivity contribution in [2.24, 2.45) is 5.89 Å². The summed E-state index contributed by atoms with van der Waals surface area (Å²) in [6.07, 6.45) is -1.92. The van der Waals surface area contributed by atoms with Crippen molar-refractivity contribution in [3.05, 3.63) is 0 Å². The first-order chi connectivity index (χ1) is 8.64. The Morgan fingerprint density at radius 3 is 2.77 bits per heavy atom. The van der Waals surface area contributed by atoms with Crippen molar-refractivity contribution in [3.8, 4) is 0 Å². The average molecular weight is 263 g/mol. The number of ether oxygens (including phenoxy) is 1. The van der Waals surface area contributed by atoms with Crippen molar-refractivity contribution < 1.29 is 19.1 Å². The largest absolute Gasteiger partial charge is 0.459 e. The van der Waals surface area contributed by atoms with E-state index in [-0.39, 0.29) is 0 Å². The average Bonchev–Trinajstić information content (AvgIpc) is 2.21. The molecule has 0 amide bonds. The van der Waals surface area contributed by atoms with Gasteiger partial charge in [0.1, 0.15) is 10.4 Å². The summed E-state index contributed by atoms with van der Waals surface area (Å²) in [4.78, 5) is 10.3. The number of esters is 1. The number of alkyl halides is 1. The highest BCUT2D eigenvalue weighted by Crippen LogP contribution is 2.20. The number of hydrogen-bond acceptors (Lipinski definition) is 2. The Balaban J connectivity index is 5.52. The minimum atomic E-state index is -3.02. The lowest BCUT2D eigenvalue weighted by Gasteiger charge is -2.23. The Kier molecular flexibility index (Phi) is 1.98. The van der Waals surface area contributed by atoms with Gasteiger partial charge in [0.2, 0.25) is 0 Å². The fraction of sp³-hybridized carbons (Fsp3) is 0.900. The molecule has 78 valence electrons. The van der Waals surface area contributed by atoms with E-state index in [4.69, 9.17) is 14.3 Å². The molecular formula is C10H19BrO2. The number of hydrogen-bond donors (Lipinski definition) is 0.